The zero-order valence-electron chi connectivity index (χ0n) is 51.9. The van der Waals surface area contributed by atoms with Gasteiger partial charge in [0.05, 0.1) is 24.4 Å². The molecule has 0 spiro atoms. The monoisotopic (exact) mass is 1110 g/mol. The predicted molar refractivity (Wildman–Crippen MR) is 341 cm³/mol. The Morgan fingerprint density at radius 3 is 2.20 bits per heavy atom. The first kappa shape index (κ1) is 57.0. The van der Waals surface area contributed by atoms with Gasteiger partial charge in [0, 0.05) is 47.6 Å². The van der Waals surface area contributed by atoms with E-state index in [4.69, 9.17) is 9.47 Å². The van der Waals surface area contributed by atoms with Crippen molar-refractivity contribution in [3.8, 4) is 0 Å². The summed E-state index contributed by atoms with van der Waals surface area (Å²) in [4.78, 5) is 6.51. The van der Waals surface area contributed by atoms with Crippen LogP contribution in [0.3, 0.4) is 0 Å². The van der Waals surface area contributed by atoms with E-state index in [-0.39, 0.29) is 6.10 Å². The zero-order chi connectivity index (χ0) is 55.5. The van der Waals surface area contributed by atoms with E-state index in [1.165, 1.54) is 173 Å². The van der Waals surface area contributed by atoms with Gasteiger partial charge in [0.25, 0.3) is 0 Å². The van der Waals surface area contributed by atoms with E-state index < -0.39 is 0 Å². The van der Waals surface area contributed by atoms with E-state index in [1.807, 2.05) is 11.1 Å². The van der Waals surface area contributed by atoms with Gasteiger partial charge in [-0.3, -0.25) is 9.80 Å². The Kier molecular flexibility index (Phi) is 17.2. The lowest BCUT2D eigenvalue weighted by atomic mass is 9.48. The van der Waals surface area contributed by atoms with Gasteiger partial charge >= 0.3 is 0 Å². The minimum Gasteiger partial charge on any atom is -0.375 e. The van der Waals surface area contributed by atoms with Crippen LogP contribution in [-0.4, -0.2) is 70.5 Å². The van der Waals surface area contributed by atoms with Crippen molar-refractivity contribution in [2.24, 2.45) is 88.3 Å². The second-order valence-corrected chi connectivity index (χ2v) is 31.2. The molecule has 4 heteroatoms. The minimum absolute atomic E-state index is 0.275. The summed E-state index contributed by atoms with van der Waals surface area (Å²) in [5.41, 5.74) is 5.63. The van der Waals surface area contributed by atoms with E-state index in [9.17, 15) is 0 Å². The molecule has 6 saturated carbocycles. The van der Waals surface area contributed by atoms with Crippen LogP contribution in [0, 0.1) is 88.3 Å². The summed E-state index contributed by atoms with van der Waals surface area (Å²) in [5, 5.41) is 0. The lowest BCUT2D eigenvalue weighted by Crippen LogP contribution is -2.56. The summed E-state index contributed by atoms with van der Waals surface area (Å²) in [7, 11) is 0. The Morgan fingerprint density at radius 1 is 0.573 bits per heavy atom. The minimum atomic E-state index is 0.275. The second-order valence-electron chi connectivity index (χ2n) is 31.2. The number of likely N-dealkylation sites (tertiary alicyclic amines) is 1. The summed E-state index contributed by atoms with van der Waals surface area (Å²) in [5.74, 6) is 10.8. The molecule has 0 aromatic carbocycles. The van der Waals surface area contributed by atoms with Gasteiger partial charge in [0.15, 0.2) is 0 Å². The normalized spacial score (nSPS) is 48.2. The van der Waals surface area contributed by atoms with Gasteiger partial charge in [-0.2, -0.15) is 0 Å². The van der Waals surface area contributed by atoms with E-state index in [0.717, 1.165) is 103 Å². The van der Waals surface area contributed by atoms with Gasteiger partial charge in [-0.1, -0.05) is 154 Å². The highest BCUT2D eigenvalue weighted by Gasteiger charge is 2.67. The van der Waals surface area contributed by atoms with E-state index in [0.29, 0.717) is 65.5 Å². The van der Waals surface area contributed by atoms with E-state index in [2.05, 4.69) is 135 Å². The lowest BCUT2D eigenvalue weighted by molar-refractivity contribution is -0.0553. The highest BCUT2D eigenvalue weighted by Crippen LogP contribution is 2.73. The van der Waals surface area contributed by atoms with Crippen molar-refractivity contribution in [3.05, 3.63) is 121 Å². The first-order valence-corrected chi connectivity index (χ1v) is 35.8. The van der Waals surface area contributed by atoms with Gasteiger partial charge in [-0.25, -0.2) is 0 Å². The van der Waals surface area contributed by atoms with Gasteiger partial charge in [0.1, 0.15) is 0 Å². The zero-order valence-corrected chi connectivity index (χ0v) is 51.9. The number of allylic oxidation sites excluding steroid dienone is 12. The summed E-state index contributed by atoms with van der Waals surface area (Å²) in [6.45, 7) is 16.2. The molecule has 13 aliphatic carbocycles. The molecule has 0 aromatic heterocycles. The van der Waals surface area contributed by atoms with Crippen LogP contribution >= 0.6 is 0 Å². The fourth-order valence-corrected chi connectivity index (χ4v) is 23.3. The van der Waals surface area contributed by atoms with Crippen molar-refractivity contribution in [2.75, 3.05) is 0 Å². The topological polar surface area (TPSA) is 24.9 Å². The van der Waals surface area contributed by atoms with Crippen LogP contribution in [-0.2, 0) is 9.47 Å². The molecule has 1 heterocycles. The molecule has 1 aliphatic heterocycles. The van der Waals surface area contributed by atoms with Gasteiger partial charge in [0.2, 0.25) is 0 Å². The quantitative estimate of drug-likeness (QED) is 0.172. The van der Waals surface area contributed by atoms with Gasteiger partial charge in [-0.15, -0.1) is 6.58 Å². The molecule has 0 radical (unpaired) electrons. The molecule has 7 fully saturated rings. The third-order valence-corrected chi connectivity index (χ3v) is 27.0. The summed E-state index contributed by atoms with van der Waals surface area (Å²) < 4.78 is 14.2. The maximum atomic E-state index is 7.11. The van der Waals surface area contributed by atoms with Crippen molar-refractivity contribution in [3.63, 3.8) is 0 Å². The fourth-order valence-electron chi connectivity index (χ4n) is 23.3. The number of hydrogen-bond donors (Lipinski definition) is 0. The number of hydrogen-bond acceptors (Lipinski definition) is 4. The van der Waals surface area contributed by atoms with Gasteiger partial charge < -0.3 is 9.47 Å². The molecular weight excluding hydrogens is 997 g/mol. The standard InChI is InChI=1S/C78H112N2O2/c1-6-54-20-34-65(35-21-54)81-67-38-28-60(29-39-67)78(74-46-52(4)17-19-53(74)5)73-42-18-51(3)45-70(73)69-41-33-64(49-75(69)78)79(63-32-26-56-13-11-12-14-58(56)47-63)62-30-24-57(25-31-62)59-27-43-76-71(48-59)72-50-68(82-66-36-22-55(7-2)23-37-66)40-44-77(72)80(76)61-15-9-8-10-16-61/h6-9,11-14,20,22,26,28,32,34,48,51-54,56-58,61-77H,1-2,10,15-19,21,23-25,27,29-31,33,35-47,49-50H2,3-5H3. The Hall–Kier alpha value is -2.76. The fraction of sp³-hybridized carbons (Fsp3) is 0.744. The molecule has 0 amide bonds. The average molecular weight is 1110 g/mol. The lowest BCUT2D eigenvalue weighted by Gasteiger charge is -2.57. The SMILES string of the molecule is C=CC1=CCC(OC2CCC3C(C2)C2C=C(C4CCC(N(C5C=CC6C=CC=CC6C5)C5CCC6C7CC(C)CCC7C(C7=CCC(OC8C=CC(C=C)CC8)CC7)(C7CC(C)CCC7C)C6C5)CC4)CCC2N3C2CC=CCC2)CC1. The van der Waals surface area contributed by atoms with Crippen LogP contribution in [0.2, 0.25) is 0 Å². The van der Waals surface area contributed by atoms with Crippen LogP contribution in [0.5, 0.6) is 0 Å². The van der Waals surface area contributed by atoms with Gasteiger partial charge in [-0.05, 0) is 250 Å². The molecule has 0 N–H and O–H groups in total. The van der Waals surface area contributed by atoms with Crippen LogP contribution in [0.15, 0.2) is 121 Å². The molecule has 1 saturated heterocycles. The van der Waals surface area contributed by atoms with Crippen molar-refractivity contribution in [2.45, 2.75) is 274 Å². The van der Waals surface area contributed by atoms with E-state index in [1.54, 1.807) is 0 Å². The van der Waals surface area contributed by atoms with Crippen molar-refractivity contribution in [1.82, 2.24) is 9.80 Å². The second kappa shape index (κ2) is 24.8. The summed E-state index contributed by atoms with van der Waals surface area (Å²) in [6, 6.07) is 4.13. The Morgan fingerprint density at radius 2 is 1.40 bits per heavy atom. The maximum absolute atomic E-state index is 7.11. The molecular formula is C78H112N2O2. The average Bonchev–Trinajstić information content (AvgIpc) is 3.91. The number of nitrogens with zero attached hydrogens (tertiary/aromatic N) is 2. The molecule has 4 nitrogen and oxygen atoms in total. The van der Waals surface area contributed by atoms with Crippen molar-refractivity contribution in [1.29, 1.82) is 0 Å². The summed E-state index contributed by atoms with van der Waals surface area (Å²) in [6.07, 6.45) is 78.8. The molecule has 82 heavy (non-hydrogen) atoms. The Bertz CT molecular complexity index is 2510. The van der Waals surface area contributed by atoms with Crippen LogP contribution < -0.4 is 0 Å². The molecule has 14 rings (SSSR count). The smallest absolute Gasteiger partial charge is 0.0760 e. The molecule has 0 aromatic rings. The summed E-state index contributed by atoms with van der Waals surface area (Å²) >= 11 is 0. The largest absolute Gasteiger partial charge is 0.375 e. The number of fused-ring (bicyclic) bond motifs is 7. The molecule has 14 aliphatic rings. The first-order chi connectivity index (χ1) is 40.2. The highest BCUT2D eigenvalue weighted by atomic mass is 16.5. The van der Waals surface area contributed by atoms with E-state index >= 15 is 0 Å². The molecule has 0 bridgehead atoms. The predicted octanol–water partition coefficient (Wildman–Crippen LogP) is 18.8. The van der Waals surface area contributed by atoms with Crippen molar-refractivity contribution >= 4 is 0 Å². The first-order valence-electron chi connectivity index (χ1n) is 35.8. The Balaban J connectivity index is 0.742. The van der Waals surface area contributed by atoms with Crippen LogP contribution in [0.25, 0.3) is 0 Å². The van der Waals surface area contributed by atoms with Crippen LogP contribution in [0.1, 0.15) is 213 Å². The molecule has 446 valence electrons. The molecule has 23 atom stereocenters. The highest BCUT2D eigenvalue weighted by molar-refractivity contribution is 5.31. The Labute approximate surface area is 500 Å². The third kappa shape index (κ3) is 11.0. The third-order valence-electron chi connectivity index (χ3n) is 27.0. The number of rotatable bonds is 13. The van der Waals surface area contributed by atoms with Crippen LogP contribution in [0.4, 0.5) is 0 Å². The maximum Gasteiger partial charge on any atom is 0.0760 e. The number of ether oxygens (including phenoxy) is 2. The van der Waals surface area contributed by atoms with Crippen molar-refractivity contribution < 1.29 is 9.47 Å². The molecule has 23 unspecified atom stereocenters.